The van der Waals surface area contributed by atoms with E-state index < -0.39 is 16.9 Å². The molecule has 1 N–H and O–H groups in total. The maximum Gasteiger partial charge on any atom is 0.256 e. The standard InChI is InChI=1S/C34H42ClN5O4S/c1-5-8-15-29-36-34(18-11-12-19-34)33(42)40(29)22-24-16-17-26(25(20-24)21-30(41)39(6-2)7-3)27-13-9-10-14-28(27)45(43)38-32-31(35)23(4)44-37-32/h9-10,13-14,16-17,20H,5-8,11-12,15,18-19,21-22H2,1-4H3,(H,37,38). The second-order valence-corrected chi connectivity index (χ2v) is 13.3. The molecule has 240 valence electrons. The monoisotopic (exact) mass is 651 g/mol. The molecule has 1 saturated carbocycles. The smallest absolute Gasteiger partial charge is 0.256 e. The number of aromatic nitrogens is 1. The van der Waals surface area contributed by atoms with Crippen molar-refractivity contribution in [1.82, 2.24) is 15.0 Å². The Balaban J connectivity index is 1.51. The summed E-state index contributed by atoms with van der Waals surface area (Å²) < 4.78 is 21.6. The third-order valence-corrected chi connectivity index (χ3v) is 10.4. The molecule has 1 unspecified atom stereocenters. The Kier molecular flexibility index (Phi) is 10.6. The van der Waals surface area contributed by atoms with Crippen molar-refractivity contribution in [2.45, 2.75) is 96.0 Å². The van der Waals surface area contributed by atoms with Crippen molar-refractivity contribution in [3.63, 3.8) is 0 Å². The van der Waals surface area contributed by atoms with Crippen LogP contribution in [0, 0.1) is 6.92 Å². The lowest BCUT2D eigenvalue weighted by molar-refractivity contribution is -0.131. The molecule has 1 aliphatic heterocycles. The van der Waals surface area contributed by atoms with Gasteiger partial charge in [-0.1, -0.05) is 73.3 Å². The summed E-state index contributed by atoms with van der Waals surface area (Å²) in [7, 11) is 0. The van der Waals surface area contributed by atoms with Gasteiger partial charge in [0.05, 0.1) is 13.0 Å². The number of hydrogen-bond acceptors (Lipinski definition) is 7. The van der Waals surface area contributed by atoms with Crippen molar-refractivity contribution in [2.24, 2.45) is 4.99 Å². The Morgan fingerprint density at radius 2 is 1.87 bits per heavy atom. The van der Waals surface area contributed by atoms with Gasteiger partial charge in [-0.2, -0.15) is 4.72 Å². The number of rotatable bonds is 13. The van der Waals surface area contributed by atoms with Crippen molar-refractivity contribution >= 4 is 46.4 Å². The van der Waals surface area contributed by atoms with Gasteiger partial charge in [-0.3, -0.25) is 19.5 Å². The van der Waals surface area contributed by atoms with Crippen LogP contribution in [-0.2, 0) is 33.9 Å². The topological polar surface area (TPSA) is 114 Å². The zero-order valence-electron chi connectivity index (χ0n) is 26.5. The highest BCUT2D eigenvalue weighted by Gasteiger charge is 2.49. The molecule has 11 heteroatoms. The van der Waals surface area contributed by atoms with Crippen molar-refractivity contribution in [2.75, 3.05) is 17.8 Å². The number of carbonyl (C=O) groups is 2. The number of aliphatic imine (C=N–C) groups is 1. The number of hydrogen-bond donors (Lipinski definition) is 1. The summed E-state index contributed by atoms with van der Waals surface area (Å²) in [5.41, 5.74) is 2.65. The maximum absolute atomic E-state index is 13.8. The van der Waals surface area contributed by atoms with Gasteiger partial charge in [0.25, 0.3) is 5.91 Å². The first-order valence-electron chi connectivity index (χ1n) is 15.9. The summed E-state index contributed by atoms with van der Waals surface area (Å²) in [5, 5.41) is 4.16. The van der Waals surface area contributed by atoms with Crippen LogP contribution in [0.5, 0.6) is 0 Å². The summed E-state index contributed by atoms with van der Waals surface area (Å²) >= 11 is 4.56. The molecule has 2 aliphatic rings. The lowest BCUT2D eigenvalue weighted by atomic mass is 9.94. The molecule has 1 fully saturated rings. The number of unbranched alkanes of at least 4 members (excludes halogenated alkanes) is 1. The summed E-state index contributed by atoms with van der Waals surface area (Å²) in [6.45, 7) is 9.37. The van der Waals surface area contributed by atoms with E-state index in [9.17, 15) is 14.1 Å². The SMILES string of the molecule is CCCCC1=NC2(CCCC2)C(=O)N1Cc1ccc(-c2ccccc2[S+]([O-])Nc2noc(C)c2Cl)c(CC(=O)N(CC)CC)c1. The Labute approximate surface area is 273 Å². The van der Waals surface area contributed by atoms with Gasteiger partial charge in [0.15, 0.2) is 10.7 Å². The van der Waals surface area contributed by atoms with E-state index in [1.54, 1.807) is 17.9 Å². The summed E-state index contributed by atoms with van der Waals surface area (Å²) in [4.78, 5) is 36.5. The van der Waals surface area contributed by atoms with E-state index in [4.69, 9.17) is 21.1 Å². The fraction of sp³-hybridized carbons (Fsp3) is 0.471. The number of aryl methyl sites for hydroxylation is 1. The molecule has 2 aromatic carbocycles. The van der Waals surface area contributed by atoms with Crippen LogP contribution in [-0.4, -0.2) is 55.8 Å². The molecule has 0 saturated heterocycles. The van der Waals surface area contributed by atoms with E-state index in [-0.39, 0.29) is 29.1 Å². The molecule has 1 atom stereocenters. The van der Waals surface area contributed by atoms with Crippen molar-refractivity contribution < 1.29 is 18.7 Å². The minimum atomic E-state index is -1.72. The normalized spacial score (nSPS) is 16.4. The molecular formula is C34H42ClN5O4S. The zero-order valence-corrected chi connectivity index (χ0v) is 28.1. The molecule has 5 rings (SSSR count). The maximum atomic E-state index is 13.8. The van der Waals surface area contributed by atoms with Gasteiger partial charge in [-0.25, -0.2) is 0 Å². The average molecular weight is 652 g/mol. The molecule has 2 heterocycles. The summed E-state index contributed by atoms with van der Waals surface area (Å²) in [6, 6.07) is 13.4. The number of nitrogens with one attached hydrogen (secondary N) is 1. The minimum Gasteiger partial charge on any atom is -0.588 e. The van der Waals surface area contributed by atoms with Crippen LogP contribution >= 0.6 is 11.6 Å². The molecule has 9 nitrogen and oxygen atoms in total. The van der Waals surface area contributed by atoms with Gasteiger partial charge in [0.2, 0.25) is 11.7 Å². The lowest BCUT2D eigenvalue weighted by Gasteiger charge is -2.24. The van der Waals surface area contributed by atoms with E-state index in [0.717, 1.165) is 73.0 Å². The van der Waals surface area contributed by atoms with Gasteiger partial charge < -0.3 is 14.0 Å². The van der Waals surface area contributed by atoms with Crippen LogP contribution in [0.15, 0.2) is 56.9 Å². The number of amides is 2. The van der Waals surface area contributed by atoms with Crippen LogP contribution in [0.4, 0.5) is 5.82 Å². The van der Waals surface area contributed by atoms with E-state index in [0.29, 0.717) is 30.3 Å². The number of nitrogens with zero attached hydrogens (tertiary/aromatic N) is 4. The largest absolute Gasteiger partial charge is 0.588 e. The van der Waals surface area contributed by atoms with Gasteiger partial charge >= 0.3 is 0 Å². The Hall–Kier alpha value is -3.34. The zero-order chi connectivity index (χ0) is 32.1. The highest BCUT2D eigenvalue weighted by Crippen LogP contribution is 2.40. The van der Waals surface area contributed by atoms with Crippen molar-refractivity contribution in [3.05, 3.63) is 64.4 Å². The van der Waals surface area contributed by atoms with Crippen LogP contribution in [0.3, 0.4) is 0 Å². The lowest BCUT2D eigenvalue weighted by Crippen LogP contribution is -2.40. The van der Waals surface area contributed by atoms with Gasteiger partial charge in [-0.05, 0) is 68.9 Å². The van der Waals surface area contributed by atoms with Crippen molar-refractivity contribution in [1.29, 1.82) is 0 Å². The minimum absolute atomic E-state index is 0.00679. The number of carbonyl (C=O) groups excluding carboxylic acids is 2. The van der Waals surface area contributed by atoms with Crippen LogP contribution in [0.1, 0.15) is 82.6 Å². The number of likely N-dealkylation sites (N-methyl/N-ethyl adjacent to an activating group) is 1. The second kappa shape index (κ2) is 14.4. The van der Waals surface area contributed by atoms with Gasteiger partial charge in [0, 0.05) is 25.1 Å². The van der Waals surface area contributed by atoms with E-state index in [1.165, 1.54) is 0 Å². The fourth-order valence-electron chi connectivity index (χ4n) is 6.30. The molecular weight excluding hydrogens is 610 g/mol. The Morgan fingerprint density at radius 1 is 1.13 bits per heavy atom. The molecule has 1 spiro atoms. The Bertz CT molecular complexity index is 1560. The molecule has 1 aliphatic carbocycles. The number of benzene rings is 2. The predicted octanol–water partition coefficient (Wildman–Crippen LogP) is 7.09. The van der Waals surface area contributed by atoms with E-state index in [2.05, 4.69) is 16.8 Å². The molecule has 2 amide bonds. The second-order valence-electron chi connectivity index (χ2n) is 11.8. The van der Waals surface area contributed by atoms with Crippen LogP contribution in [0.2, 0.25) is 5.02 Å². The molecule has 45 heavy (non-hydrogen) atoms. The first kappa shape index (κ1) is 33.0. The van der Waals surface area contributed by atoms with Crippen LogP contribution in [0.25, 0.3) is 11.1 Å². The first-order chi connectivity index (χ1) is 21.7. The molecule has 3 aromatic rings. The van der Waals surface area contributed by atoms with E-state index in [1.807, 2.05) is 55.1 Å². The highest BCUT2D eigenvalue weighted by molar-refractivity contribution is 7.92. The fourth-order valence-corrected chi connectivity index (χ4v) is 7.48. The number of anilines is 1. The average Bonchev–Trinajstić information content (AvgIpc) is 3.72. The third-order valence-electron chi connectivity index (χ3n) is 8.81. The highest BCUT2D eigenvalue weighted by atomic mass is 35.5. The van der Waals surface area contributed by atoms with Gasteiger partial charge in [0.1, 0.15) is 27.8 Å². The summed E-state index contributed by atoms with van der Waals surface area (Å²) in [5.74, 6) is 1.61. The third kappa shape index (κ3) is 6.93. The predicted molar refractivity (Wildman–Crippen MR) is 179 cm³/mol. The number of halogens is 1. The summed E-state index contributed by atoms with van der Waals surface area (Å²) in [6.07, 6.45) is 6.60. The molecule has 0 bridgehead atoms. The Morgan fingerprint density at radius 3 is 2.53 bits per heavy atom. The van der Waals surface area contributed by atoms with Crippen LogP contribution < -0.4 is 4.72 Å². The first-order valence-corrected chi connectivity index (χ1v) is 17.4. The van der Waals surface area contributed by atoms with E-state index >= 15 is 0 Å². The number of amidine groups is 1. The quantitative estimate of drug-likeness (QED) is 0.197. The van der Waals surface area contributed by atoms with Crippen molar-refractivity contribution in [3.8, 4) is 11.1 Å². The van der Waals surface area contributed by atoms with Gasteiger partial charge in [-0.15, -0.1) is 0 Å². The molecule has 1 aromatic heterocycles. The molecule has 0 radical (unpaired) electrons.